The molecule has 0 heterocycles. The van der Waals surface area contributed by atoms with E-state index in [0.717, 1.165) is 44.9 Å². The number of aliphatic hydroxyl groups excluding tert-OH is 1. The van der Waals surface area contributed by atoms with Gasteiger partial charge < -0.3 is 10.2 Å². The van der Waals surface area contributed by atoms with E-state index in [4.69, 9.17) is 5.11 Å². The van der Waals surface area contributed by atoms with E-state index in [1.807, 2.05) is 0 Å². The number of carboxylic acid groups (broad SMARTS) is 1. The van der Waals surface area contributed by atoms with Gasteiger partial charge in [-0.3, -0.25) is 4.79 Å². The third-order valence-electron chi connectivity index (χ3n) is 3.57. The van der Waals surface area contributed by atoms with Crippen LogP contribution in [0.25, 0.3) is 0 Å². The molecule has 0 rings (SSSR count). The molecule has 0 amide bonds. The van der Waals surface area contributed by atoms with E-state index in [0.29, 0.717) is 6.42 Å². The second kappa shape index (κ2) is 13.9. The molecule has 3 heteroatoms. The Morgan fingerprint density at radius 2 is 1.32 bits per heavy atom. The monoisotopic (exact) mass is 272 g/mol. The topological polar surface area (TPSA) is 57.5 Å². The minimum absolute atomic E-state index is 0.0953. The number of aliphatic carboxylic acids is 1. The Morgan fingerprint density at radius 3 is 1.84 bits per heavy atom. The summed E-state index contributed by atoms with van der Waals surface area (Å²) in [6, 6.07) is 0. The maximum absolute atomic E-state index is 10.3. The highest BCUT2D eigenvalue weighted by atomic mass is 16.4. The van der Waals surface area contributed by atoms with Crippen LogP contribution < -0.4 is 0 Å². The van der Waals surface area contributed by atoms with E-state index in [9.17, 15) is 9.90 Å². The fourth-order valence-corrected chi connectivity index (χ4v) is 2.31. The van der Waals surface area contributed by atoms with Gasteiger partial charge in [0.05, 0.1) is 6.10 Å². The van der Waals surface area contributed by atoms with Gasteiger partial charge in [-0.15, -0.1) is 0 Å². The highest BCUT2D eigenvalue weighted by Crippen LogP contribution is 2.13. The summed E-state index contributed by atoms with van der Waals surface area (Å²) in [6.45, 7) is 2.18. The molecule has 1 unspecified atom stereocenters. The van der Waals surface area contributed by atoms with Crippen LogP contribution in [0.15, 0.2) is 0 Å². The molecule has 0 spiro atoms. The zero-order valence-corrected chi connectivity index (χ0v) is 12.6. The first-order valence-electron chi connectivity index (χ1n) is 8.06. The summed E-state index contributed by atoms with van der Waals surface area (Å²) < 4.78 is 0. The van der Waals surface area contributed by atoms with Crippen LogP contribution in [0.1, 0.15) is 90.4 Å². The standard InChI is InChI=1S/C16H32O3/c1-2-3-9-12-15(17)13-10-7-5-4-6-8-11-14-16(18)19/h15,17H,2-14H2,1H3,(H,18,19). The zero-order chi connectivity index (χ0) is 14.3. The lowest BCUT2D eigenvalue weighted by Gasteiger charge is -2.09. The number of rotatable bonds is 14. The quantitative estimate of drug-likeness (QED) is 0.457. The van der Waals surface area contributed by atoms with Crippen molar-refractivity contribution in [3.63, 3.8) is 0 Å². The maximum atomic E-state index is 10.3. The molecule has 0 bridgehead atoms. The molecule has 0 aromatic carbocycles. The highest BCUT2D eigenvalue weighted by Gasteiger charge is 2.03. The lowest BCUT2D eigenvalue weighted by Crippen LogP contribution is -2.05. The minimum atomic E-state index is -0.683. The van der Waals surface area contributed by atoms with Gasteiger partial charge >= 0.3 is 5.97 Å². The summed E-state index contributed by atoms with van der Waals surface area (Å²) in [5.74, 6) is -0.683. The molecule has 0 fully saturated rings. The number of aliphatic hydroxyl groups is 1. The van der Waals surface area contributed by atoms with E-state index in [2.05, 4.69) is 6.92 Å². The predicted molar refractivity (Wildman–Crippen MR) is 79.3 cm³/mol. The molecule has 114 valence electrons. The Bertz CT molecular complexity index is 204. The van der Waals surface area contributed by atoms with E-state index in [1.54, 1.807) is 0 Å². The Morgan fingerprint density at radius 1 is 0.842 bits per heavy atom. The average Bonchev–Trinajstić information content (AvgIpc) is 2.36. The molecule has 0 aromatic rings. The molecule has 0 aliphatic carbocycles. The first-order valence-corrected chi connectivity index (χ1v) is 8.06. The van der Waals surface area contributed by atoms with Crippen LogP contribution in [0.2, 0.25) is 0 Å². The van der Waals surface area contributed by atoms with Gasteiger partial charge in [-0.1, -0.05) is 64.7 Å². The van der Waals surface area contributed by atoms with Crippen molar-refractivity contribution in [3.8, 4) is 0 Å². The minimum Gasteiger partial charge on any atom is -0.481 e. The second-order valence-electron chi connectivity index (χ2n) is 5.56. The average molecular weight is 272 g/mol. The van der Waals surface area contributed by atoms with E-state index < -0.39 is 5.97 Å². The SMILES string of the molecule is CCCCCC(O)CCCCCCCCCC(=O)O. The van der Waals surface area contributed by atoms with Crippen molar-refractivity contribution in [3.05, 3.63) is 0 Å². The number of unbranched alkanes of at least 4 members (excludes halogenated alkanes) is 8. The molecule has 0 aliphatic rings. The molecule has 0 aromatic heterocycles. The van der Waals surface area contributed by atoms with Gasteiger partial charge in [0.15, 0.2) is 0 Å². The lowest BCUT2D eigenvalue weighted by atomic mass is 10.0. The Hall–Kier alpha value is -0.570. The van der Waals surface area contributed by atoms with E-state index in [-0.39, 0.29) is 6.10 Å². The largest absolute Gasteiger partial charge is 0.481 e. The van der Waals surface area contributed by atoms with Crippen molar-refractivity contribution < 1.29 is 15.0 Å². The third kappa shape index (κ3) is 15.4. The molecule has 2 N–H and O–H groups in total. The predicted octanol–water partition coefficient (Wildman–Crippen LogP) is 4.52. The molecule has 1 atom stereocenters. The van der Waals surface area contributed by atoms with E-state index in [1.165, 1.54) is 32.1 Å². The molecule has 0 saturated heterocycles. The van der Waals surface area contributed by atoms with Crippen molar-refractivity contribution in [2.24, 2.45) is 0 Å². The van der Waals surface area contributed by atoms with Crippen LogP contribution in [0.5, 0.6) is 0 Å². The summed E-state index contributed by atoms with van der Waals surface area (Å²) in [6.07, 6.45) is 13.5. The van der Waals surface area contributed by atoms with Crippen molar-refractivity contribution in [1.82, 2.24) is 0 Å². The van der Waals surface area contributed by atoms with Gasteiger partial charge in [0.1, 0.15) is 0 Å². The molecular weight excluding hydrogens is 240 g/mol. The normalized spacial score (nSPS) is 12.5. The number of hydrogen-bond donors (Lipinski definition) is 2. The van der Waals surface area contributed by atoms with Gasteiger partial charge in [0.2, 0.25) is 0 Å². The molecule has 0 aliphatic heterocycles. The second-order valence-corrected chi connectivity index (χ2v) is 5.56. The van der Waals surface area contributed by atoms with Crippen molar-refractivity contribution in [1.29, 1.82) is 0 Å². The lowest BCUT2D eigenvalue weighted by molar-refractivity contribution is -0.137. The van der Waals surface area contributed by atoms with Crippen LogP contribution in [-0.2, 0) is 4.79 Å². The molecular formula is C16H32O3. The number of carbonyl (C=O) groups is 1. The smallest absolute Gasteiger partial charge is 0.303 e. The summed E-state index contributed by atoms with van der Waals surface area (Å²) in [7, 11) is 0. The van der Waals surface area contributed by atoms with Crippen LogP contribution in [0.3, 0.4) is 0 Å². The summed E-state index contributed by atoms with van der Waals surface area (Å²) in [5, 5.41) is 18.2. The zero-order valence-electron chi connectivity index (χ0n) is 12.6. The van der Waals surface area contributed by atoms with Crippen LogP contribution >= 0.6 is 0 Å². The fourth-order valence-electron chi connectivity index (χ4n) is 2.31. The van der Waals surface area contributed by atoms with Crippen LogP contribution in [0.4, 0.5) is 0 Å². The number of hydrogen-bond acceptors (Lipinski definition) is 2. The van der Waals surface area contributed by atoms with Crippen molar-refractivity contribution in [2.75, 3.05) is 0 Å². The summed E-state index contributed by atoms with van der Waals surface area (Å²) in [4.78, 5) is 10.3. The summed E-state index contributed by atoms with van der Waals surface area (Å²) in [5.41, 5.74) is 0. The van der Waals surface area contributed by atoms with Gasteiger partial charge in [-0.05, 0) is 19.3 Å². The third-order valence-corrected chi connectivity index (χ3v) is 3.57. The van der Waals surface area contributed by atoms with Gasteiger partial charge in [0, 0.05) is 6.42 Å². The van der Waals surface area contributed by atoms with Crippen LogP contribution in [-0.4, -0.2) is 22.3 Å². The van der Waals surface area contributed by atoms with Crippen molar-refractivity contribution in [2.45, 2.75) is 96.5 Å². The molecule has 0 saturated carbocycles. The fraction of sp³-hybridized carbons (Fsp3) is 0.938. The van der Waals surface area contributed by atoms with Crippen LogP contribution in [0, 0.1) is 0 Å². The summed E-state index contributed by atoms with van der Waals surface area (Å²) >= 11 is 0. The Kier molecular flexibility index (Phi) is 13.4. The maximum Gasteiger partial charge on any atom is 0.303 e. The first-order chi connectivity index (χ1) is 9.16. The van der Waals surface area contributed by atoms with Gasteiger partial charge in [-0.2, -0.15) is 0 Å². The van der Waals surface area contributed by atoms with E-state index >= 15 is 0 Å². The molecule has 3 nitrogen and oxygen atoms in total. The number of carboxylic acids is 1. The first kappa shape index (κ1) is 18.4. The molecule has 0 radical (unpaired) electrons. The highest BCUT2D eigenvalue weighted by molar-refractivity contribution is 5.66. The Labute approximate surface area is 118 Å². The van der Waals surface area contributed by atoms with Gasteiger partial charge in [0.25, 0.3) is 0 Å². The van der Waals surface area contributed by atoms with Crippen molar-refractivity contribution >= 4 is 5.97 Å². The van der Waals surface area contributed by atoms with Gasteiger partial charge in [-0.25, -0.2) is 0 Å². The Balaban J connectivity index is 3.11. The molecule has 19 heavy (non-hydrogen) atoms.